The third kappa shape index (κ3) is 2.97. The van der Waals surface area contributed by atoms with E-state index in [2.05, 4.69) is 26.6 Å². The Morgan fingerprint density at radius 1 is 1.00 bits per heavy atom. The summed E-state index contributed by atoms with van der Waals surface area (Å²) in [5, 5.41) is 9.16. The van der Waals surface area contributed by atoms with Gasteiger partial charge in [0.05, 0.1) is 19.9 Å². The molecule has 0 fully saturated rings. The molecule has 0 aliphatic rings. The molecule has 1 aromatic carbocycles. The molecule has 0 unspecified atom stereocenters. The average Bonchev–Trinajstić information content (AvgIpc) is 3.41. The number of rotatable bonds is 5. The maximum atomic E-state index is 5.49. The highest BCUT2D eigenvalue weighted by atomic mass is 32.1. The van der Waals surface area contributed by atoms with Gasteiger partial charge in [-0.2, -0.15) is 16.3 Å². The minimum Gasteiger partial charge on any atom is -0.493 e. The summed E-state index contributed by atoms with van der Waals surface area (Å²) < 4.78 is 16.1. The Morgan fingerprint density at radius 2 is 1.85 bits per heavy atom. The molecule has 0 N–H and O–H groups in total. The number of thiazole rings is 1. The third-order valence-electron chi connectivity index (χ3n) is 3.83. The van der Waals surface area contributed by atoms with Crippen LogP contribution in [0.3, 0.4) is 0 Å². The van der Waals surface area contributed by atoms with Gasteiger partial charge in [-0.15, -0.1) is 11.3 Å². The Morgan fingerprint density at radius 3 is 2.58 bits per heavy atom. The first kappa shape index (κ1) is 16.7. The van der Waals surface area contributed by atoms with Gasteiger partial charge in [0, 0.05) is 16.5 Å². The van der Waals surface area contributed by atoms with E-state index >= 15 is 0 Å². The van der Waals surface area contributed by atoms with Crippen molar-refractivity contribution >= 4 is 22.7 Å². The highest BCUT2D eigenvalue weighted by Crippen LogP contribution is 2.36. The van der Waals surface area contributed by atoms with Gasteiger partial charge in [-0.25, -0.2) is 4.98 Å². The highest BCUT2D eigenvalue weighted by molar-refractivity contribution is 7.18. The van der Waals surface area contributed by atoms with Crippen molar-refractivity contribution in [3.63, 3.8) is 0 Å². The Balaban J connectivity index is 1.69. The monoisotopic (exact) mass is 385 g/mol. The number of aromatic nitrogens is 3. The highest BCUT2D eigenvalue weighted by Gasteiger charge is 2.18. The topological polar surface area (TPSA) is 70.3 Å². The van der Waals surface area contributed by atoms with Crippen LogP contribution in [-0.4, -0.2) is 29.3 Å². The van der Waals surface area contributed by atoms with Gasteiger partial charge in [0.25, 0.3) is 5.89 Å². The van der Waals surface area contributed by atoms with Gasteiger partial charge in [-0.05, 0) is 36.6 Å². The minimum absolute atomic E-state index is 0.464. The zero-order valence-corrected chi connectivity index (χ0v) is 16.0. The zero-order valence-electron chi connectivity index (χ0n) is 14.3. The number of ether oxygens (including phenoxy) is 2. The van der Waals surface area contributed by atoms with Gasteiger partial charge in [-0.1, -0.05) is 5.16 Å². The normalized spacial score (nSPS) is 10.9. The summed E-state index contributed by atoms with van der Waals surface area (Å²) in [5.74, 6) is 2.22. The van der Waals surface area contributed by atoms with E-state index in [1.165, 1.54) is 0 Å². The van der Waals surface area contributed by atoms with Crippen LogP contribution in [0.4, 0.5) is 0 Å². The summed E-state index contributed by atoms with van der Waals surface area (Å²) >= 11 is 3.19. The van der Waals surface area contributed by atoms with Crippen LogP contribution in [0.15, 0.2) is 39.5 Å². The van der Waals surface area contributed by atoms with Crippen LogP contribution in [0.25, 0.3) is 32.7 Å². The fourth-order valence-corrected chi connectivity index (χ4v) is 4.21. The van der Waals surface area contributed by atoms with Crippen molar-refractivity contribution in [2.45, 2.75) is 6.92 Å². The average molecular weight is 385 g/mol. The second kappa shape index (κ2) is 6.89. The van der Waals surface area contributed by atoms with Crippen molar-refractivity contribution in [3.05, 3.63) is 40.7 Å². The fourth-order valence-electron chi connectivity index (χ4n) is 2.51. The maximum absolute atomic E-state index is 5.49. The summed E-state index contributed by atoms with van der Waals surface area (Å²) in [6.07, 6.45) is 0. The molecule has 0 saturated heterocycles. The Kier molecular flexibility index (Phi) is 4.44. The smallest absolute Gasteiger partial charge is 0.270 e. The van der Waals surface area contributed by atoms with E-state index < -0.39 is 0 Å². The van der Waals surface area contributed by atoms with Crippen molar-refractivity contribution in [2.75, 3.05) is 14.2 Å². The van der Waals surface area contributed by atoms with Gasteiger partial charge in [0.15, 0.2) is 11.5 Å². The molecule has 132 valence electrons. The van der Waals surface area contributed by atoms with Gasteiger partial charge >= 0.3 is 0 Å². The molecule has 0 saturated carbocycles. The second-order valence-electron chi connectivity index (χ2n) is 5.44. The van der Waals surface area contributed by atoms with Crippen LogP contribution in [0.5, 0.6) is 11.5 Å². The van der Waals surface area contributed by atoms with E-state index in [9.17, 15) is 0 Å². The molecule has 0 spiro atoms. The molecule has 0 aliphatic carbocycles. The first-order valence-electron chi connectivity index (χ1n) is 7.76. The van der Waals surface area contributed by atoms with Crippen molar-refractivity contribution in [3.8, 4) is 44.2 Å². The van der Waals surface area contributed by atoms with E-state index in [-0.39, 0.29) is 0 Å². The first-order valence-corrected chi connectivity index (χ1v) is 9.52. The summed E-state index contributed by atoms with van der Waals surface area (Å²) in [7, 11) is 3.19. The molecule has 3 aromatic heterocycles. The van der Waals surface area contributed by atoms with Gasteiger partial charge < -0.3 is 14.0 Å². The predicted octanol–water partition coefficient (Wildman–Crippen LogP) is 4.91. The number of hydrogen-bond donors (Lipinski definition) is 0. The molecular weight excluding hydrogens is 370 g/mol. The van der Waals surface area contributed by atoms with Crippen molar-refractivity contribution in [1.82, 2.24) is 15.1 Å². The molecule has 0 amide bonds. The quantitative estimate of drug-likeness (QED) is 0.486. The molecule has 26 heavy (non-hydrogen) atoms. The van der Waals surface area contributed by atoms with Crippen LogP contribution in [0, 0.1) is 6.92 Å². The lowest BCUT2D eigenvalue weighted by Gasteiger charge is -2.07. The van der Waals surface area contributed by atoms with Crippen LogP contribution >= 0.6 is 22.7 Å². The molecule has 0 aliphatic heterocycles. The molecule has 0 radical (unpaired) electrons. The summed E-state index contributed by atoms with van der Waals surface area (Å²) in [6, 6.07) is 7.56. The number of hydrogen-bond acceptors (Lipinski definition) is 8. The second-order valence-corrected chi connectivity index (χ2v) is 7.22. The van der Waals surface area contributed by atoms with E-state index in [0.717, 1.165) is 26.7 Å². The molecule has 0 atom stereocenters. The number of aryl methyl sites for hydroxylation is 1. The maximum Gasteiger partial charge on any atom is 0.270 e. The molecule has 4 aromatic rings. The number of nitrogens with zero attached hydrogens (tertiary/aromatic N) is 3. The van der Waals surface area contributed by atoms with E-state index in [4.69, 9.17) is 14.0 Å². The van der Waals surface area contributed by atoms with E-state index in [0.29, 0.717) is 23.2 Å². The molecular formula is C18H15N3O3S2. The number of thiophene rings is 1. The standard InChI is InChI=1S/C18H15N3O3S2/c1-10-15(26-18(19-10)12-6-7-25-9-12)17-20-16(21-24-17)11-4-5-13(22-2)14(8-11)23-3/h4-9H,1-3H3. The molecule has 4 rings (SSSR count). The van der Waals surface area contributed by atoms with Crippen LogP contribution in [-0.2, 0) is 0 Å². The Labute approximate surface area is 158 Å². The SMILES string of the molecule is COc1ccc(-c2noc(-c3sc(-c4ccsc4)nc3C)n2)cc1OC. The summed E-state index contributed by atoms with van der Waals surface area (Å²) in [5.41, 5.74) is 2.77. The van der Waals surface area contributed by atoms with Crippen molar-refractivity contribution in [1.29, 1.82) is 0 Å². The lowest BCUT2D eigenvalue weighted by Crippen LogP contribution is -1.91. The van der Waals surface area contributed by atoms with Crippen LogP contribution in [0.1, 0.15) is 5.69 Å². The Hall–Kier alpha value is -2.71. The lowest BCUT2D eigenvalue weighted by atomic mass is 10.2. The zero-order chi connectivity index (χ0) is 18.1. The predicted molar refractivity (Wildman–Crippen MR) is 102 cm³/mol. The molecule has 8 heteroatoms. The first-order chi connectivity index (χ1) is 12.7. The largest absolute Gasteiger partial charge is 0.493 e. The fraction of sp³-hybridized carbons (Fsp3) is 0.167. The van der Waals surface area contributed by atoms with E-state index in [1.54, 1.807) is 36.9 Å². The van der Waals surface area contributed by atoms with Crippen molar-refractivity contribution in [2.24, 2.45) is 0 Å². The summed E-state index contributed by atoms with van der Waals surface area (Å²) in [4.78, 5) is 10.0. The van der Waals surface area contributed by atoms with Crippen LogP contribution < -0.4 is 9.47 Å². The summed E-state index contributed by atoms with van der Waals surface area (Å²) in [6.45, 7) is 1.95. The number of benzene rings is 1. The van der Waals surface area contributed by atoms with Gasteiger partial charge in [0.2, 0.25) is 5.82 Å². The third-order valence-corrected chi connectivity index (χ3v) is 5.70. The minimum atomic E-state index is 0.464. The van der Waals surface area contributed by atoms with E-state index in [1.807, 2.05) is 30.5 Å². The molecule has 0 bridgehead atoms. The van der Waals surface area contributed by atoms with Crippen LogP contribution in [0.2, 0.25) is 0 Å². The van der Waals surface area contributed by atoms with Crippen molar-refractivity contribution < 1.29 is 14.0 Å². The molecule has 3 heterocycles. The van der Waals surface area contributed by atoms with Gasteiger partial charge in [-0.3, -0.25) is 0 Å². The Bertz CT molecular complexity index is 1040. The molecule has 6 nitrogen and oxygen atoms in total. The number of methoxy groups -OCH3 is 2. The lowest BCUT2D eigenvalue weighted by molar-refractivity contribution is 0.355. The van der Waals surface area contributed by atoms with Gasteiger partial charge in [0.1, 0.15) is 9.88 Å².